The summed E-state index contributed by atoms with van der Waals surface area (Å²) in [5.74, 6) is 0.0279. The highest BCUT2D eigenvalue weighted by Crippen LogP contribution is 2.33. The fraction of sp³-hybridized carbons (Fsp3) is 0.538. The van der Waals surface area contributed by atoms with Crippen LogP contribution in [0.15, 0.2) is 18.2 Å². The van der Waals surface area contributed by atoms with E-state index in [1.165, 1.54) is 12.5 Å². The Labute approximate surface area is 94.7 Å². The van der Waals surface area contributed by atoms with Crippen molar-refractivity contribution in [1.82, 2.24) is 0 Å². The molecular weight excluding hydrogens is 208 g/mol. The van der Waals surface area contributed by atoms with Crippen LogP contribution in [-0.2, 0) is 6.42 Å². The van der Waals surface area contributed by atoms with E-state index in [2.05, 4.69) is 0 Å². The third kappa shape index (κ3) is 2.40. The first kappa shape index (κ1) is 11.5. The Kier molecular flexibility index (Phi) is 3.54. The van der Waals surface area contributed by atoms with Crippen LogP contribution < -0.4 is 5.73 Å². The molecule has 0 bridgehead atoms. The molecule has 1 nitrogen and oxygen atoms in total. The van der Waals surface area contributed by atoms with E-state index >= 15 is 0 Å². The molecule has 2 unspecified atom stereocenters. The lowest BCUT2D eigenvalue weighted by Gasteiger charge is -2.18. The molecule has 1 aromatic carbocycles. The van der Waals surface area contributed by atoms with Gasteiger partial charge in [-0.1, -0.05) is 12.5 Å². The molecule has 1 aliphatic carbocycles. The van der Waals surface area contributed by atoms with Crippen LogP contribution in [0.4, 0.5) is 8.78 Å². The second-order valence-corrected chi connectivity index (χ2v) is 4.63. The van der Waals surface area contributed by atoms with Crippen molar-refractivity contribution in [2.45, 2.75) is 25.7 Å². The van der Waals surface area contributed by atoms with Crippen molar-refractivity contribution in [2.75, 3.05) is 6.54 Å². The molecule has 1 aliphatic rings. The third-order valence-corrected chi connectivity index (χ3v) is 3.62. The number of rotatable bonds is 3. The maximum absolute atomic E-state index is 13.5. The van der Waals surface area contributed by atoms with E-state index in [0.29, 0.717) is 30.4 Å². The van der Waals surface area contributed by atoms with Crippen molar-refractivity contribution in [3.05, 3.63) is 35.4 Å². The topological polar surface area (TPSA) is 26.0 Å². The van der Waals surface area contributed by atoms with Gasteiger partial charge in [-0.25, -0.2) is 8.78 Å². The summed E-state index contributed by atoms with van der Waals surface area (Å²) in [5.41, 5.74) is 6.30. The Morgan fingerprint density at radius 2 is 1.94 bits per heavy atom. The molecule has 0 spiro atoms. The van der Waals surface area contributed by atoms with E-state index in [9.17, 15) is 8.78 Å². The molecule has 0 saturated heterocycles. The number of hydrogen-bond donors (Lipinski definition) is 1. The standard InChI is InChI=1S/C13H17F2N/c14-12-5-4-10(13(15)7-12)6-9-2-1-3-11(9)8-16/h4-5,7,9,11H,1-3,6,8,16H2. The minimum absolute atomic E-state index is 0.428. The van der Waals surface area contributed by atoms with Crippen LogP contribution in [-0.4, -0.2) is 6.54 Å². The molecule has 0 heterocycles. The first-order valence-corrected chi connectivity index (χ1v) is 5.84. The van der Waals surface area contributed by atoms with Gasteiger partial charge in [0.05, 0.1) is 0 Å². The quantitative estimate of drug-likeness (QED) is 0.841. The highest BCUT2D eigenvalue weighted by atomic mass is 19.1. The van der Waals surface area contributed by atoms with Gasteiger partial charge in [0.1, 0.15) is 11.6 Å². The molecule has 2 N–H and O–H groups in total. The highest BCUT2D eigenvalue weighted by molar-refractivity contribution is 5.19. The summed E-state index contributed by atoms with van der Waals surface area (Å²) in [6.07, 6.45) is 4.12. The molecule has 1 aromatic rings. The van der Waals surface area contributed by atoms with Gasteiger partial charge in [0.25, 0.3) is 0 Å². The maximum Gasteiger partial charge on any atom is 0.129 e. The first-order chi connectivity index (χ1) is 7.70. The molecule has 1 fully saturated rings. The summed E-state index contributed by atoms with van der Waals surface area (Å²) < 4.78 is 26.2. The van der Waals surface area contributed by atoms with E-state index in [4.69, 9.17) is 5.73 Å². The Morgan fingerprint density at radius 1 is 1.19 bits per heavy atom. The molecule has 1 saturated carbocycles. The molecule has 0 radical (unpaired) electrons. The first-order valence-electron chi connectivity index (χ1n) is 5.84. The van der Waals surface area contributed by atoms with E-state index in [-0.39, 0.29) is 0 Å². The summed E-state index contributed by atoms with van der Waals surface area (Å²) in [6, 6.07) is 3.84. The van der Waals surface area contributed by atoms with Crippen LogP contribution in [0.3, 0.4) is 0 Å². The third-order valence-electron chi connectivity index (χ3n) is 3.62. The second kappa shape index (κ2) is 4.91. The zero-order chi connectivity index (χ0) is 11.5. The summed E-state index contributed by atoms with van der Waals surface area (Å²) in [4.78, 5) is 0. The summed E-state index contributed by atoms with van der Waals surface area (Å²) in [5, 5.41) is 0. The van der Waals surface area contributed by atoms with Crippen molar-refractivity contribution >= 4 is 0 Å². The van der Waals surface area contributed by atoms with E-state index in [1.54, 1.807) is 6.07 Å². The Morgan fingerprint density at radius 3 is 2.62 bits per heavy atom. The van der Waals surface area contributed by atoms with Crippen LogP contribution in [0, 0.1) is 23.5 Å². The van der Waals surface area contributed by atoms with Gasteiger partial charge in [-0.05, 0) is 49.3 Å². The summed E-state index contributed by atoms with van der Waals surface area (Å²) in [7, 11) is 0. The Hall–Kier alpha value is -0.960. The lowest BCUT2D eigenvalue weighted by molar-refractivity contribution is 0.388. The number of benzene rings is 1. The highest BCUT2D eigenvalue weighted by Gasteiger charge is 2.26. The molecule has 0 aliphatic heterocycles. The average Bonchev–Trinajstić information content (AvgIpc) is 2.69. The fourth-order valence-electron chi connectivity index (χ4n) is 2.66. The van der Waals surface area contributed by atoms with E-state index < -0.39 is 11.6 Å². The average molecular weight is 225 g/mol. The van der Waals surface area contributed by atoms with Gasteiger partial charge in [0, 0.05) is 6.07 Å². The van der Waals surface area contributed by atoms with Gasteiger partial charge >= 0.3 is 0 Å². The minimum atomic E-state index is -0.511. The minimum Gasteiger partial charge on any atom is -0.330 e. The lowest BCUT2D eigenvalue weighted by Crippen LogP contribution is -2.20. The second-order valence-electron chi connectivity index (χ2n) is 4.63. The van der Waals surface area contributed by atoms with Crippen molar-refractivity contribution in [3.63, 3.8) is 0 Å². The SMILES string of the molecule is NCC1CCCC1Cc1ccc(F)cc1F. The summed E-state index contributed by atoms with van der Waals surface area (Å²) in [6.45, 7) is 0.674. The maximum atomic E-state index is 13.5. The van der Waals surface area contributed by atoms with E-state index in [0.717, 1.165) is 18.9 Å². The van der Waals surface area contributed by atoms with Crippen LogP contribution in [0.1, 0.15) is 24.8 Å². The predicted octanol–water partition coefficient (Wildman–Crippen LogP) is 2.88. The monoisotopic (exact) mass is 225 g/mol. The fourth-order valence-corrected chi connectivity index (χ4v) is 2.66. The molecule has 2 rings (SSSR count). The van der Waals surface area contributed by atoms with Crippen LogP contribution >= 0.6 is 0 Å². The van der Waals surface area contributed by atoms with Crippen LogP contribution in [0.2, 0.25) is 0 Å². The number of nitrogens with two attached hydrogens (primary N) is 1. The van der Waals surface area contributed by atoms with Crippen molar-refractivity contribution < 1.29 is 8.78 Å². The molecule has 0 aromatic heterocycles. The van der Waals surface area contributed by atoms with Crippen molar-refractivity contribution in [3.8, 4) is 0 Å². The predicted molar refractivity (Wildman–Crippen MR) is 59.9 cm³/mol. The summed E-state index contributed by atoms with van der Waals surface area (Å²) >= 11 is 0. The van der Waals surface area contributed by atoms with Crippen molar-refractivity contribution in [1.29, 1.82) is 0 Å². The van der Waals surface area contributed by atoms with Gasteiger partial charge in [-0.2, -0.15) is 0 Å². The number of hydrogen-bond acceptors (Lipinski definition) is 1. The Balaban J connectivity index is 2.08. The lowest BCUT2D eigenvalue weighted by atomic mass is 9.89. The van der Waals surface area contributed by atoms with Crippen molar-refractivity contribution in [2.24, 2.45) is 17.6 Å². The van der Waals surface area contributed by atoms with Gasteiger partial charge < -0.3 is 5.73 Å². The molecule has 88 valence electrons. The zero-order valence-electron chi connectivity index (χ0n) is 9.26. The largest absolute Gasteiger partial charge is 0.330 e. The molecule has 3 heteroatoms. The van der Waals surface area contributed by atoms with Gasteiger partial charge in [0.2, 0.25) is 0 Å². The smallest absolute Gasteiger partial charge is 0.129 e. The molecule has 0 amide bonds. The van der Waals surface area contributed by atoms with Crippen LogP contribution in [0.5, 0.6) is 0 Å². The molecule has 2 atom stereocenters. The van der Waals surface area contributed by atoms with Gasteiger partial charge in [0.15, 0.2) is 0 Å². The van der Waals surface area contributed by atoms with Gasteiger partial charge in [-0.3, -0.25) is 0 Å². The normalized spacial score (nSPS) is 24.9. The number of halogens is 2. The Bertz CT molecular complexity index is 365. The van der Waals surface area contributed by atoms with Crippen LogP contribution in [0.25, 0.3) is 0 Å². The van der Waals surface area contributed by atoms with E-state index in [1.807, 2.05) is 0 Å². The molecular formula is C13H17F2N. The molecule has 16 heavy (non-hydrogen) atoms. The van der Waals surface area contributed by atoms with Gasteiger partial charge in [-0.15, -0.1) is 0 Å². The zero-order valence-corrected chi connectivity index (χ0v) is 9.26.